The Hall–Kier alpha value is -2.96. The average Bonchev–Trinajstić information content (AvgIpc) is 2.89. The second-order valence-electron chi connectivity index (χ2n) is 5.17. The van der Waals surface area contributed by atoms with Crippen LogP contribution in [0.15, 0.2) is 30.5 Å². The number of hydrogen-bond donors (Lipinski definition) is 3. The molecule has 3 rings (SSSR count). The monoisotopic (exact) mass is 316 g/mol. The van der Waals surface area contributed by atoms with Crippen molar-refractivity contribution in [2.24, 2.45) is 0 Å². The SMILES string of the molecule is CC(=O)NCc1ccc(N)nc1-c1c[nH]c2c(F)cc(F)cc12. The van der Waals surface area contributed by atoms with Gasteiger partial charge in [-0.15, -0.1) is 0 Å². The molecule has 4 N–H and O–H groups in total. The molecule has 118 valence electrons. The van der Waals surface area contributed by atoms with Crippen molar-refractivity contribution in [3.8, 4) is 11.3 Å². The fourth-order valence-electron chi connectivity index (χ4n) is 2.45. The minimum atomic E-state index is -0.682. The molecule has 0 fully saturated rings. The van der Waals surface area contributed by atoms with Crippen LogP contribution in [0.25, 0.3) is 22.2 Å². The van der Waals surface area contributed by atoms with E-state index in [9.17, 15) is 13.6 Å². The van der Waals surface area contributed by atoms with Crippen molar-refractivity contribution in [1.82, 2.24) is 15.3 Å². The lowest BCUT2D eigenvalue weighted by Crippen LogP contribution is -2.19. The van der Waals surface area contributed by atoms with Crippen LogP contribution in [0.5, 0.6) is 0 Å². The molecule has 0 saturated carbocycles. The summed E-state index contributed by atoms with van der Waals surface area (Å²) < 4.78 is 27.4. The minimum Gasteiger partial charge on any atom is -0.384 e. The summed E-state index contributed by atoms with van der Waals surface area (Å²) in [5, 5.41) is 3.04. The Balaban J connectivity index is 2.18. The van der Waals surface area contributed by atoms with Gasteiger partial charge in [0.2, 0.25) is 5.91 Å². The van der Waals surface area contributed by atoms with Gasteiger partial charge in [0.05, 0.1) is 11.2 Å². The average molecular weight is 316 g/mol. The number of nitrogens with zero attached hydrogens (tertiary/aromatic N) is 1. The molecule has 7 heteroatoms. The lowest BCUT2D eigenvalue weighted by atomic mass is 10.0. The molecular formula is C16H14F2N4O. The highest BCUT2D eigenvalue weighted by molar-refractivity contribution is 5.95. The van der Waals surface area contributed by atoms with Gasteiger partial charge in [-0.1, -0.05) is 6.07 Å². The van der Waals surface area contributed by atoms with E-state index in [4.69, 9.17) is 5.73 Å². The Bertz CT molecular complexity index is 904. The van der Waals surface area contributed by atoms with E-state index in [0.29, 0.717) is 22.2 Å². The van der Waals surface area contributed by atoms with Crippen molar-refractivity contribution < 1.29 is 13.6 Å². The van der Waals surface area contributed by atoms with E-state index in [1.54, 1.807) is 18.3 Å². The van der Waals surface area contributed by atoms with Crippen molar-refractivity contribution in [3.05, 3.63) is 47.7 Å². The van der Waals surface area contributed by atoms with E-state index >= 15 is 0 Å². The molecule has 0 spiro atoms. The highest BCUT2D eigenvalue weighted by Gasteiger charge is 2.16. The van der Waals surface area contributed by atoms with E-state index in [1.165, 1.54) is 13.0 Å². The molecule has 1 amide bonds. The van der Waals surface area contributed by atoms with Gasteiger partial charge in [-0.25, -0.2) is 13.8 Å². The topological polar surface area (TPSA) is 83.8 Å². The zero-order valence-corrected chi connectivity index (χ0v) is 12.3. The van der Waals surface area contributed by atoms with Gasteiger partial charge in [-0.05, 0) is 17.7 Å². The Morgan fingerprint density at radius 1 is 1.35 bits per heavy atom. The number of H-pyrrole nitrogens is 1. The van der Waals surface area contributed by atoms with E-state index < -0.39 is 11.6 Å². The molecule has 23 heavy (non-hydrogen) atoms. The number of nitrogens with one attached hydrogen (secondary N) is 2. The van der Waals surface area contributed by atoms with Crippen LogP contribution in [0.1, 0.15) is 12.5 Å². The van der Waals surface area contributed by atoms with Crippen LogP contribution in [0, 0.1) is 11.6 Å². The van der Waals surface area contributed by atoms with Crippen LogP contribution in [0.3, 0.4) is 0 Å². The quantitative estimate of drug-likeness (QED) is 0.694. The van der Waals surface area contributed by atoms with E-state index in [0.717, 1.165) is 6.07 Å². The predicted molar refractivity (Wildman–Crippen MR) is 83.4 cm³/mol. The van der Waals surface area contributed by atoms with Crippen molar-refractivity contribution >= 4 is 22.6 Å². The number of pyridine rings is 1. The number of benzene rings is 1. The summed E-state index contributed by atoms with van der Waals surface area (Å²) in [6, 6.07) is 5.38. The van der Waals surface area contributed by atoms with E-state index in [2.05, 4.69) is 15.3 Å². The highest BCUT2D eigenvalue weighted by Crippen LogP contribution is 2.32. The number of carbonyl (C=O) groups excluding carboxylic acids is 1. The summed E-state index contributed by atoms with van der Waals surface area (Å²) in [4.78, 5) is 18.2. The second-order valence-corrected chi connectivity index (χ2v) is 5.17. The molecule has 0 saturated heterocycles. The molecule has 0 aliphatic rings. The molecule has 2 heterocycles. The summed E-state index contributed by atoms with van der Waals surface area (Å²) in [6.07, 6.45) is 1.55. The summed E-state index contributed by atoms with van der Waals surface area (Å²) >= 11 is 0. The molecule has 2 aromatic heterocycles. The molecule has 0 aliphatic carbocycles. The van der Waals surface area contributed by atoms with E-state index in [-0.39, 0.29) is 23.8 Å². The molecule has 0 aliphatic heterocycles. The van der Waals surface area contributed by atoms with Gasteiger partial charge in [-0.2, -0.15) is 0 Å². The maximum Gasteiger partial charge on any atom is 0.217 e. The lowest BCUT2D eigenvalue weighted by molar-refractivity contribution is -0.119. The number of amides is 1. The third kappa shape index (κ3) is 2.85. The van der Waals surface area contributed by atoms with Crippen LogP contribution >= 0.6 is 0 Å². The second kappa shape index (κ2) is 5.68. The summed E-state index contributed by atoms with van der Waals surface area (Å²) in [5.41, 5.74) is 7.61. The number of rotatable bonds is 3. The van der Waals surface area contributed by atoms with Gasteiger partial charge in [-0.3, -0.25) is 4.79 Å². The van der Waals surface area contributed by atoms with Crippen molar-refractivity contribution in [3.63, 3.8) is 0 Å². The number of nitrogen functional groups attached to an aromatic ring is 1. The lowest BCUT2D eigenvalue weighted by Gasteiger charge is -2.09. The number of nitrogens with two attached hydrogens (primary N) is 1. The molecule has 0 bridgehead atoms. The minimum absolute atomic E-state index is 0.191. The smallest absolute Gasteiger partial charge is 0.217 e. The molecule has 0 atom stereocenters. The van der Waals surface area contributed by atoms with Crippen LogP contribution < -0.4 is 11.1 Å². The molecule has 3 aromatic rings. The van der Waals surface area contributed by atoms with E-state index in [1.807, 2.05) is 0 Å². The van der Waals surface area contributed by atoms with Gasteiger partial charge >= 0.3 is 0 Å². The molecular weight excluding hydrogens is 302 g/mol. The normalized spacial score (nSPS) is 10.9. The number of fused-ring (bicyclic) bond motifs is 1. The van der Waals surface area contributed by atoms with Gasteiger partial charge < -0.3 is 16.0 Å². The van der Waals surface area contributed by atoms with Gasteiger partial charge in [0.25, 0.3) is 0 Å². The Morgan fingerprint density at radius 3 is 2.87 bits per heavy atom. The van der Waals surface area contributed by atoms with Crippen LogP contribution in [0.4, 0.5) is 14.6 Å². The molecule has 0 radical (unpaired) electrons. The Labute approximate surface area is 130 Å². The zero-order chi connectivity index (χ0) is 16.6. The molecule has 0 unspecified atom stereocenters. The first-order valence-electron chi connectivity index (χ1n) is 6.92. The van der Waals surface area contributed by atoms with Gasteiger partial charge in [0.15, 0.2) is 0 Å². The number of anilines is 1. The predicted octanol–water partition coefficient (Wildman–Crippen LogP) is 2.73. The largest absolute Gasteiger partial charge is 0.384 e. The first kappa shape index (κ1) is 15.0. The van der Waals surface area contributed by atoms with Crippen LogP contribution in [0.2, 0.25) is 0 Å². The number of aromatic amines is 1. The fourth-order valence-corrected chi connectivity index (χ4v) is 2.45. The summed E-state index contributed by atoms with van der Waals surface area (Å²) in [7, 11) is 0. The number of carbonyl (C=O) groups is 1. The number of aromatic nitrogens is 2. The summed E-state index contributed by atoms with van der Waals surface area (Å²) in [5.74, 6) is -1.27. The zero-order valence-electron chi connectivity index (χ0n) is 12.3. The third-order valence-corrected chi connectivity index (χ3v) is 3.49. The molecule has 1 aromatic carbocycles. The first-order chi connectivity index (χ1) is 11.0. The number of halogens is 2. The van der Waals surface area contributed by atoms with Gasteiger partial charge in [0.1, 0.15) is 17.5 Å². The van der Waals surface area contributed by atoms with Crippen molar-refractivity contribution in [2.75, 3.05) is 5.73 Å². The van der Waals surface area contributed by atoms with Crippen LogP contribution in [-0.2, 0) is 11.3 Å². The Kier molecular flexibility index (Phi) is 3.69. The maximum atomic E-state index is 13.8. The van der Waals surface area contributed by atoms with Gasteiger partial charge in [0, 0.05) is 36.7 Å². The maximum absolute atomic E-state index is 13.8. The fraction of sp³-hybridized carbons (Fsp3) is 0.125. The van der Waals surface area contributed by atoms with Crippen molar-refractivity contribution in [1.29, 1.82) is 0 Å². The number of hydrogen-bond acceptors (Lipinski definition) is 3. The van der Waals surface area contributed by atoms with Crippen molar-refractivity contribution in [2.45, 2.75) is 13.5 Å². The summed E-state index contributed by atoms with van der Waals surface area (Å²) in [6.45, 7) is 1.64. The Morgan fingerprint density at radius 2 is 2.13 bits per heavy atom. The van der Waals surface area contributed by atoms with Crippen LogP contribution in [-0.4, -0.2) is 15.9 Å². The third-order valence-electron chi connectivity index (χ3n) is 3.49. The first-order valence-corrected chi connectivity index (χ1v) is 6.92. The standard InChI is InChI=1S/C16H14F2N4O/c1-8(23)20-6-9-2-3-14(19)22-15(9)12-7-21-16-11(12)4-10(17)5-13(16)18/h2-5,7,21H,6H2,1H3,(H2,19,22)(H,20,23). The molecule has 5 nitrogen and oxygen atoms in total. The highest BCUT2D eigenvalue weighted by atomic mass is 19.1.